The number of anilines is 1. The van der Waals surface area contributed by atoms with Gasteiger partial charge in [-0.15, -0.1) is 0 Å². The van der Waals surface area contributed by atoms with Gasteiger partial charge in [0.15, 0.2) is 0 Å². The topological polar surface area (TPSA) is 80.9 Å². The maximum atomic E-state index is 11.9. The summed E-state index contributed by atoms with van der Waals surface area (Å²) in [6.45, 7) is 0. The molecular formula is C16H16N4O. The van der Waals surface area contributed by atoms with E-state index in [1.54, 1.807) is 12.4 Å². The smallest absolute Gasteiger partial charge is 0.249 e. The van der Waals surface area contributed by atoms with E-state index in [2.05, 4.69) is 15.3 Å². The number of hydrogen-bond donors (Lipinski definition) is 2. The van der Waals surface area contributed by atoms with Crippen LogP contribution in [-0.4, -0.2) is 15.9 Å². The molecule has 1 aliphatic rings. The van der Waals surface area contributed by atoms with Gasteiger partial charge in [0, 0.05) is 24.0 Å². The number of fused-ring (bicyclic) bond motifs is 4. The van der Waals surface area contributed by atoms with Crippen LogP contribution < -0.4 is 11.1 Å². The van der Waals surface area contributed by atoms with E-state index in [1.807, 2.05) is 30.3 Å². The molecule has 0 saturated carbocycles. The molecule has 21 heavy (non-hydrogen) atoms. The van der Waals surface area contributed by atoms with Crippen LogP contribution in [0, 0.1) is 0 Å². The van der Waals surface area contributed by atoms with Crippen molar-refractivity contribution in [1.29, 1.82) is 0 Å². The summed E-state index contributed by atoms with van der Waals surface area (Å²) in [4.78, 5) is 20.5. The fourth-order valence-electron chi connectivity index (χ4n) is 2.33. The number of allylic oxidation sites excluding steroid dienone is 1. The van der Waals surface area contributed by atoms with Gasteiger partial charge >= 0.3 is 0 Å². The number of hydrogen-bond acceptors (Lipinski definition) is 4. The SMILES string of the molecule is N[C@H]1CC/C=C\C(=O)Nc2ncccc2-c2ccnc1c2. The second-order valence-corrected chi connectivity index (χ2v) is 4.94. The lowest BCUT2D eigenvalue weighted by atomic mass is 10.0. The van der Waals surface area contributed by atoms with Crippen LogP contribution in [0.2, 0.25) is 0 Å². The molecule has 3 N–H and O–H groups in total. The summed E-state index contributed by atoms with van der Waals surface area (Å²) in [7, 11) is 0. The average Bonchev–Trinajstić information content (AvgIpc) is 2.51. The van der Waals surface area contributed by atoms with Gasteiger partial charge in [0.2, 0.25) is 5.91 Å². The minimum atomic E-state index is -0.182. The average molecular weight is 280 g/mol. The number of nitrogens with one attached hydrogen (secondary N) is 1. The Morgan fingerprint density at radius 1 is 1.24 bits per heavy atom. The van der Waals surface area contributed by atoms with Crippen LogP contribution in [0.1, 0.15) is 24.6 Å². The summed E-state index contributed by atoms with van der Waals surface area (Å²) < 4.78 is 0. The van der Waals surface area contributed by atoms with Gasteiger partial charge in [-0.25, -0.2) is 4.98 Å². The highest BCUT2D eigenvalue weighted by Gasteiger charge is 2.13. The zero-order valence-corrected chi connectivity index (χ0v) is 11.5. The van der Waals surface area contributed by atoms with E-state index in [1.165, 1.54) is 6.08 Å². The Morgan fingerprint density at radius 3 is 3.05 bits per heavy atom. The lowest BCUT2D eigenvalue weighted by Crippen LogP contribution is -2.13. The summed E-state index contributed by atoms with van der Waals surface area (Å²) in [6, 6.07) is 7.47. The Balaban J connectivity index is 2.12. The molecule has 2 aromatic heterocycles. The van der Waals surface area contributed by atoms with E-state index in [0.29, 0.717) is 5.82 Å². The number of carbonyl (C=O) groups is 1. The first kappa shape index (κ1) is 13.5. The third kappa shape index (κ3) is 2.98. The van der Waals surface area contributed by atoms with Gasteiger partial charge in [-0.05, 0) is 48.7 Å². The number of aromatic nitrogens is 2. The maximum absolute atomic E-state index is 11.9. The minimum absolute atomic E-state index is 0.141. The molecule has 0 radical (unpaired) electrons. The van der Waals surface area contributed by atoms with Crippen LogP contribution in [0.25, 0.3) is 11.1 Å². The lowest BCUT2D eigenvalue weighted by Gasteiger charge is -2.14. The number of nitrogens with zero attached hydrogens (tertiary/aromatic N) is 2. The zero-order chi connectivity index (χ0) is 14.7. The van der Waals surface area contributed by atoms with Crippen molar-refractivity contribution in [2.75, 3.05) is 5.32 Å². The Morgan fingerprint density at radius 2 is 2.14 bits per heavy atom. The van der Waals surface area contributed by atoms with Crippen molar-refractivity contribution in [2.45, 2.75) is 18.9 Å². The molecule has 1 aliphatic heterocycles. The highest BCUT2D eigenvalue weighted by Crippen LogP contribution is 2.28. The summed E-state index contributed by atoms with van der Waals surface area (Å²) in [5.74, 6) is 0.358. The van der Waals surface area contributed by atoms with Crippen LogP contribution in [0.5, 0.6) is 0 Å². The van der Waals surface area contributed by atoms with E-state index in [4.69, 9.17) is 5.73 Å². The van der Waals surface area contributed by atoms with Gasteiger partial charge in [0.25, 0.3) is 0 Å². The zero-order valence-electron chi connectivity index (χ0n) is 11.5. The van der Waals surface area contributed by atoms with Crippen LogP contribution in [-0.2, 0) is 4.79 Å². The van der Waals surface area contributed by atoms with Crippen molar-refractivity contribution in [3.05, 3.63) is 54.5 Å². The second-order valence-electron chi connectivity index (χ2n) is 4.94. The molecule has 106 valence electrons. The molecule has 1 atom stereocenters. The number of pyridine rings is 2. The normalized spacial score (nSPS) is 19.7. The summed E-state index contributed by atoms with van der Waals surface area (Å²) in [6.07, 6.45) is 8.22. The van der Waals surface area contributed by atoms with Crippen molar-refractivity contribution in [3.8, 4) is 11.1 Å². The van der Waals surface area contributed by atoms with E-state index in [-0.39, 0.29) is 11.9 Å². The summed E-state index contributed by atoms with van der Waals surface area (Å²) in [5.41, 5.74) is 8.82. The standard InChI is InChI=1S/C16H16N4O/c17-13-5-1-2-6-15(21)20-16-12(4-3-8-19-16)11-7-9-18-14(13)10-11/h2-4,6-10,13H,1,5,17H2,(H,19,20,21)/b6-2-/t13-/m0/s1. The van der Waals surface area contributed by atoms with Gasteiger partial charge < -0.3 is 11.1 Å². The molecule has 0 fully saturated rings. The highest BCUT2D eigenvalue weighted by atomic mass is 16.1. The minimum Gasteiger partial charge on any atom is -0.323 e. The van der Waals surface area contributed by atoms with Gasteiger partial charge in [-0.2, -0.15) is 0 Å². The molecule has 0 aromatic carbocycles. The molecular weight excluding hydrogens is 264 g/mol. The van der Waals surface area contributed by atoms with E-state index in [0.717, 1.165) is 29.7 Å². The fraction of sp³-hybridized carbons (Fsp3) is 0.188. The highest BCUT2D eigenvalue weighted by molar-refractivity contribution is 6.01. The number of nitrogens with two attached hydrogens (primary N) is 1. The Bertz CT molecular complexity index is 696. The van der Waals surface area contributed by atoms with Gasteiger partial charge in [0.1, 0.15) is 5.82 Å². The first-order valence-corrected chi connectivity index (χ1v) is 6.88. The molecule has 2 bridgehead atoms. The predicted molar refractivity (Wildman–Crippen MR) is 81.4 cm³/mol. The van der Waals surface area contributed by atoms with E-state index >= 15 is 0 Å². The molecule has 0 saturated heterocycles. The van der Waals surface area contributed by atoms with Crippen molar-refractivity contribution in [3.63, 3.8) is 0 Å². The fourth-order valence-corrected chi connectivity index (χ4v) is 2.33. The van der Waals surface area contributed by atoms with Crippen molar-refractivity contribution >= 4 is 11.7 Å². The van der Waals surface area contributed by atoms with Gasteiger partial charge in [0.05, 0.1) is 5.69 Å². The third-order valence-corrected chi connectivity index (χ3v) is 3.43. The monoisotopic (exact) mass is 280 g/mol. The summed E-state index contributed by atoms with van der Waals surface area (Å²) in [5, 5.41) is 2.81. The second kappa shape index (κ2) is 5.85. The maximum Gasteiger partial charge on any atom is 0.249 e. The van der Waals surface area contributed by atoms with Crippen LogP contribution in [0.3, 0.4) is 0 Å². The molecule has 1 amide bonds. The molecule has 5 heteroatoms. The number of carbonyl (C=O) groups excluding carboxylic acids is 1. The molecule has 3 rings (SSSR count). The molecule has 0 spiro atoms. The van der Waals surface area contributed by atoms with Crippen molar-refractivity contribution in [1.82, 2.24) is 9.97 Å². The quantitative estimate of drug-likeness (QED) is 0.776. The lowest BCUT2D eigenvalue weighted by molar-refractivity contribution is -0.111. The Kier molecular flexibility index (Phi) is 3.75. The van der Waals surface area contributed by atoms with Crippen LogP contribution in [0.15, 0.2) is 48.8 Å². The Labute approximate surface area is 122 Å². The van der Waals surface area contributed by atoms with E-state index < -0.39 is 0 Å². The Hall–Kier alpha value is -2.53. The van der Waals surface area contributed by atoms with Crippen molar-refractivity contribution < 1.29 is 4.79 Å². The molecule has 3 heterocycles. The molecule has 0 unspecified atom stereocenters. The van der Waals surface area contributed by atoms with Crippen molar-refractivity contribution in [2.24, 2.45) is 5.73 Å². The van der Waals surface area contributed by atoms with Crippen LogP contribution in [0.4, 0.5) is 5.82 Å². The third-order valence-electron chi connectivity index (χ3n) is 3.43. The first-order valence-electron chi connectivity index (χ1n) is 6.88. The van der Waals surface area contributed by atoms with Gasteiger partial charge in [-0.1, -0.05) is 6.08 Å². The molecule has 5 nitrogen and oxygen atoms in total. The summed E-state index contributed by atoms with van der Waals surface area (Å²) >= 11 is 0. The van der Waals surface area contributed by atoms with E-state index in [9.17, 15) is 4.79 Å². The number of amides is 1. The largest absolute Gasteiger partial charge is 0.323 e. The molecule has 0 aliphatic carbocycles. The predicted octanol–water partition coefficient (Wildman–Crippen LogP) is 2.43. The number of rotatable bonds is 0. The molecule has 2 aromatic rings. The van der Waals surface area contributed by atoms with Crippen LogP contribution >= 0.6 is 0 Å². The first-order chi connectivity index (χ1) is 10.2. The van der Waals surface area contributed by atoms with Gasteiger partial charge in [-0.3, -0.25) is 9.78 Å².